The molecule has 0 saturated heterocycles. The normalized spacial score (nSPS) is 11.0. The van der Waals surface area contributed by atoms with Crippen LogP contribution in [0.1, 0.15) is 31.8 Å². The molecule has 0 spiro atoms. The molecule has 0 fully saturated rings. The molecular weight excluding hydrogens is 459 g/mol. The lowest BCUT2D eigenvalue weighted by Crippen LogP contribution is -2.17. The Morgan fingerprint density at radius 1 is 0.939 bits per heavy atom. The summed E-state index contributed by atoms with van der Waals surface area (Å²) in [5, 5.41) is 6.43. The number of halogens is 2. The van der Waals surface area contributed by atoms with Crippen molar-refractivity contribution in [2.75, 3.05) is 0 Å². The molecule has 4 aromatic rings. The topological polar surface area (TPSA) is 67.8 Å². The molecule has 0 saturated carbocycles. The molecule has 0 aromatic heterocycles. The molecule has 0 bridgehead atoms. The summed E-state index contributed by atoms with van der Waals surface area (Å²) in [6.07, 6.45) is 1.46. The van der Waals surface area contributed by atoms with Gasteiger partial charge in [-0.15, -0.1) is 0 Å². The van der Waals surface area contributed by atoms with Crippen molar-refractivity contribution in [3.05, 3.63) is 111 Å². The van der Waals surface area contributed by atoms with Gasteiger partial charge in [0.25, 0.3) is 5.91 Å². The molecule has 0 unspecified atom stereocenters. The minimum absolute atomic E-state index is 0.185. The monoisotopic (exact) mass is 476 g/mol. The van der Waals surface area contributed by atoms with Gasteiger partial charge in [0.2, 0.25) is 0 Å². The number of aryl methyl sites for hydroxylation is 1. The molecule has 0 aliphatic heterocycles. The van der Waals surface area contributed by atoms with Crippen molar-refractivity contribution in [2.24, 2.45) is 5.10 Å². The zero-order valence-corrected chi connectivity index (χ0v) is 19.0. The predicted octanol–water partition coefficient (Wildman–Crippen LogP) is 6.44. The minimum atomic E-state index is -0.634. The van der Waals surface area contributed by atoms with Crippen LogP contribution in [0.4, 0.5) is 0 Å². The summed E-state index contributed by atoms with van der Waals surface area (Å²) in [6, 6.07) is 22.8. The highest BCUT2D eigenvalue weighted by Crippen LogP contribution is 2.29. The first kappa shape index (κ1) is 22.5. The molecule has 33 heavy (non-hydrogen) atoms. The third-order valence-corrected chi connectivity index (χ3v) is 5.51. The van der Waals surface area contributed by atoms with Crippen LogP contribution in [0, 0.1) is 6.92 Å². The molecule has 0 aliphatic rings. The molecule has 4 aromatic carbocycles. The molecule has 5 nitrogen and oxygen atoms in total. The number of carbonyl (C=O) groups excluding carboxylic acids is 2. The van der Waals surface area contributed by atoms with Gasteiger partial charge in [-0.2, -0.15) is 5.10 Å². The van der Waals surface area contributed by atoms with Crippen molar-refractivity contribution in [2.45, 2.75) is 6.92 Å². The fourth-order valence-corrected chi connectivity index (χ4v) is 3.72. The molecular formula is C26H18Cl2N2O3. The van der Waals surface area contributed by atoms with Crippen LogP contribution in [0.2, 0.25) is 10.0 Å². The Morgan fingerprint density at radius 2 is 1.70 bits per heavy atom. The van der Waals surface area contributed by atoms with E-state index in [1.807, 2.05) is 49.4 Å². The van der Waals surface area contributed by atoms with Crippen molar-refractivity contribution >= 4 is 52.1 Å². The van der Waals surface area contributed by atoms with E-state index in [-0.39, 0.29) is 22.2 Å². The largest absolute Gasteiger partial charge is 0.422 e. The zero-order valence-electron chi connectivity index (χ0n) is 17.5. The van der Waals surface area contributed by atoms with Crippen molar-refractivity contribution < 1.29 is 14.3 Å². The fraction of sp³-hybridized carbons (Fsp3) is 0.0385. The van der Waals surface area contributed by atoms with Crippen LogP contribution in [0.25, 0.3) is 10.8 Å². The van der Waals surface area contributed by atoms with Gasteiger partial charge in [0.05, 0.1) is 16.8 Å². The molecule has 1 amide bonds. The number of benzene rings is 4. The standard InChI is InChI=1S/C26H18Cl2N2O3/c1-16-6-8-18(9-7-16)25(31)30-29-15-22-20-5-3-2-4-17(20)10-13-24(22)33-26(32)21-12-11-19(27)14-23(21)28/h2-15H,1H3,(H,30,31)/b29-15+. The van der Waals surface area contributed by atoms with E-state index >= 15 is 0 Å². The van der Waals surface area contributed by atoms with Crippen LogP contribution in [0.15, 0.2) is 84.0 Å². The number of fused-ring (bicyclic) bond motifs is 1. The van der Waals surface area contributed by atoms with E-state index in [0.29, 0.717) is 16.1 Å². The van der Waals surface area contributed by atoms with Crippen LogP contribution in [-0.2, 0) is 0 Å². The summed E-state index contributed by atoms with van der Waals surface area (Å²) in [5.41, 5.74) is 4.78. The summed E-state index contributed by atoms with van der Waals surface area (Å²) in [6.45, 7) is 1.94. The third-order valence-electron chi connectivity index (χ3n) is 4.96. The Morgan fingerprint density at radius 3 is 2.45 bits per heavy atom. The van der Waals surface area contributed by atoms with E-state index in [1.165, 1.54) is 18.3 Å². The Labute approximate surface area is 200 Å². The maximum atomic E-state index is 12.8. The van der Waals surface area contributed by atoms with Gasteiger partial charge >= 0.3 is 5.97 Å². The van der Waals surface area contributed by atoms with E-state index < -0.39 is 5.97 Å². The SMILES string of the molecule is Cc1ccc(C(=O)N/N=C/c2c(OC(=O)c3ccc(Cl)cc3Cl)ccc3ccccc23)cc1. The van der Waals surface area contributed by atoms with Crippen LogP contribution in [0.3, 0.4) is 0 Å². The number of amides is 1. The van der Waals surface area contributed by atoms with E-state index in [0.717, 1.165) is 16.3 Å². The number of nitrogens with zero attached hydrogens (tertiary/aromatic N) is 1. The molecule has 1 N–H and O–H groups in total. The molecule has 4 rings (SSSR count). The first-order chi connectivity index (χ1) is 15.9. The Balaban J connectivity index is 1.63. The highest BCUT2D eigenvalue weighted by molar-refractivity contribution is 6.36. The summed E-state index contributed by atoms with van der Waals surface area (Å²) >= 11 is 12.1. The second-order valence-corrected chi connectivity index (χ2v) is 8.12. The van der Waals surface area contributed by atoms with E-state index in [2.05, 4.69) is 10.5 Å². The number of carbonyl (C=O) groups is 2. The minimum Gasteiger partial charge on any atom is -0.422 e. The highest BCUT2D eigenvalue weighted by Gasteiger charge is 2.16. The summed E-state index contributed by atoms with van der Waals surface area (Å²) < 4.78 is 5.65. The zero-order chi connectivity index (χ0) is 23.4. The summed E-state index contributed by atoms with van der Waals surface area (Å²) in [4.78, 5) is 25.2. The summed E-state index contributed by atoms with van der Waals surface area (Å²) in [7, 11) is 0. The van der Waals surface area contributed by atoms with E-state index in [4.69, 9.17) is 27.9 Å². The van der Waals surface area contributed by atoms with Crippen LogP contribution >= 0.6 is 23.2 Å². The maximum absolute atomic E-state index is 12.8. The molecule has 164 valence electrons. The van der Waals surface area contributed by atoms with E-state index in [1.54, 1.807) is 24.3 Å². The predicted molar refractivity (Wildman–Crippen MR) is 132 cm³/mol. The van der Waals surface area contributed by atoms with Crippen molar-refractivity contribution in [1.82, 2.24) is 5.43 Å². The maximum Gasteiger partial charge on any atom is 0.345 e. The first-order valence-corrected chi connectivity index (χ1v) is 10.8. The van der Waals surface area contributed by atoms with Gasteiger partial charge in [0.1, 0.15) is 5.75 Å². The highest BCUT2D eigenvalue weighted by atomic mass is 35.5. The second-order valence-electron chi connectivity index (χ2n) is 7.28. The van der Waals surface area contributed by atoms with Crippen molar-refractivity contribution in [1.29, 1.82) is 0 Å². The lowest BCUT2D eigenvalue weighted by Gasteiger charge is -2.11. The molecule has 7 heteroatoms. The van der Waals surface area contributed by atoms with Crippen molar-refractivity contribution in [3.63, 3.8) is 0 Å². The lowest BCUT2D eigenvalue weighted by molar-refractivity contribution is 0.0734. The van der Waals surface area contributed by atoms with Gasteiger partial charge in [-0.1, -0.05) is 71.2 Å². The van der Waals surface area contributed by atoms with Gasteiger partial charge in [-0.3, -0.25) is 4.79 Å². The average molecular weight is 477 g/mol. The Hall–Kier alpha value is -3.67. The van der Waals surface area contributed by atoms with Gasteiger partial charge in [-0.05, 0) is 54.1 Å². The van der Waals surface area contributed by atoms with Crippen LogP contribution < -0.4 is 10.2 Å². The number of ether oxygens (including phenoxy) is 1. The van der Waals surface area contributed by atoms with Gasteiger partial charge in [0, 0.05) is 16.1 Å². The third kappa shape index (κ3) is 5.22. The molecule has 0 aliphatic carbocycles. The Kier molecular flexibility index (Phi) is 6.73. The van der Waals surface area contributed by atoms with Gasteiger partial charge in [0.15, 0.2) is 0 Å². The fourth-order valence-electron chi connectivity index (χ4n) is 3.23. The van der Waals surface area contributed by atoms with Crippen LogP contribution in [-0.4, -0.2) is 18.1 Å². The first-order valence-electron chi connectivity index (χ1n) is 10.0. The number of hydrazone groups is 1. The quantitative estimate of drug-likeness (QED) is 0.156. The van der Waals surface area contributed by atoms with E-state index in [9.17, 15) is 9.59 Å². The number of hydrogen-bond acceptors (Lipinski definition) is 4. The summed E-state index contributed by atoms with van der Waals surface area (Å²) in [5.74, 6) is -0.707. The van der Waals surface area contributed by atoms with Gasteiger partial charge in [-0.25, -0.2) is 10.2 Å². The average Bonchev–Trinajstić information content (AvgIpc) is 2.80. The lowest BCUT2D eigenvalue weighted by atomic mass is 10.0. The second kappa shape index (κ2) is 9.86. The smallest absolute Gasteiger partial charge is 0.345 e. The Bertz CT molecular complexity index is 1380. The number of esters is 1. The van der Waals surface area contributed by atoms with Crippen molar-refractivity contribution in [3.8, 4) is 5.75 Å². The molecule has 0 heterocycles. The van der Waals surface area contributed by atoms with Crippen LogP contribution in [0.5, 0.6) is 5.75 Å². The molecule has 0 atom stereocenters. The van der Waals surface area contributed by atoms with Gasteiger partial charge < -0.3 is 4.74 Å². The number of hydrogen-bond donors (Lipinski definition) is 1. The number of nitrogens with one attached hydrogen (secondary N) is 1. The molecule has 0 radical (unpaired) electrons. The number of rotatable bonds is 5.